The monoisotopic (exact) mass is 246 g/mol. The standard InChI is InChI=1S/C14H14O4/c1-16-8-6-9-13-10(15)4-3-5-11(13)18-14(9)12(7-8)17-2/h6-7H,3-5H2,1-2H3. The molecular formula is C14H14O4. The van der Waals surface area contributed by atoms with Gasteiger partial charge in [-0.1, -0.05) is 0 Å². The van der Waals surface area contributed by atoms with Gasteiger partial charge in [0.15, 0.2) is 17.1 Å². The van der Waals surface area contributed by atoms with Gasteiger partial charge in [-0.3, -0.25) is 4.79 Å². The zero-order valence-electron chi connectivity index (χ0n) is 10.4. The molecule has 3 rings (SSSR count). The largest absolute Gasteiger partial charge is 0.497 e. The fourth-order valence-electron chi connectivity index (χ4n) is 2.48. The van der Waals surface area contributed by atoms with Gasteiger partial charge >= 0.3 is 0 Å². The first-order chi connectivity index (χ1) is 8.74. The van der Waals surface area contributed by atoms with Gasteiger partial charge in [0, 0.05) is 24.3 Å². The van der Waals surface area contributed by atoms with Gasteiger partial charge < -0.3 is 13.9 Å². The number of benzene rings is 1. The first kappa shape index (κ1) is 11.1. The molecule has 0 bridgehead atoms. The number of rotatable bonds is 2. The third kappa shape index (κ3) is 1.49. The lowest BCUT2D eigenvalue weighted by Gasteiger charge is -2.08. The van der Waals surface area contributed by atoms with E-state index >= 15 is 0 Å². The van der Waals surface area contributed by atoms with E-state index in [-0.39, 0.29) is 5.78 Å². The van der Waals surface area contributed by atoms with Gasteiger partial charge in [0.2, 0.25) is 0 Å². The Morgan fingerprint density at radius 2 is 2.00 bits per heavy atom. The summed E-state index contributed by atoms with van der Waals surface area (Å²) in [5.41, 5.74) is 1.34. The van der Waals surface area contributed by atoms with Crippen molar-refractivity contribution in [3.63, 3.8) is 0 Å². The molecule has 4 heteroatoms. The van der Waals surface area contributed by atoms with Crippen molar-refractivity contribution in [2.45, 2.75) is 19.3 Å². The molecule has 0 saturated carbocycles. The number of fused-ring (bicyclic) bond motifs is 3. The number of furan rings is 1. The van der Waals surface area contributed by atoms with Crippen LogP contribution in [0.25, 0.3) is 11.0 Å². The van der Waals surface area contributed by atoms with Crippen LogP contribution in [0.4, 0.5) is 0 Å². The minimum absolute atomic E-state index is 0.144. The first-order valence-electron chi connectivity index (χ1n) is 5.95. The van der Waals surface area contributed by atoms with E-state index < -0.39 is 0 Å². The van der Waals surface area contributed by atoms with Crippen molar-refractivity contribution >= 4 is 16.8 Å². The molecule has 0 aliphatic heterocycles. The highest BCUT2D eigenvalue weighted by molar-refractivity contribution is 6.10. The van der Waals surface area contributed by atoms with E-state index in [2.05, 4.69) is 0 Å². The molecule has 0 fully saturated rings. The Morgan fingerprint density at radius 1 is 1.17 bits per heavy atom. The summed E-state index contributed by atoms with van der Waals surface area (Å²) in [6.07, 6.45) is 2.24. The van der Waals surface area contributed by atoms with Crippen LogP contribution in [0.3, 0.4) is 0 Å². The average Bonchev–Trinajstić information content (AvgIpc) is 2.77. The van der Waals surface area contributed by atoms with Crippen molar-refractivity contribution in [2.24, 2.45) is 0 Å². The molecule has 0 atom stereocenters. The summed E-state index contributed by atoms with van der Waals surface area (Å²) in [5, 5.41) is 0.797. The summed E-state index contributed by atoms with van der Waals surface area (Å²) in [6, 6.07) is 3.60. The molecule has 1 heterocycles. The van der Waals surface area contributed by atoms with Crippen LogP contribution in [0.5, 0.6) is 11.5 Å². The number of carbonyl (C=O) groups is 1. The highest BCUT2D eigenvalue weighted by Gasteiger charge is 2.26. The molecule has 0 radical (unpaired) electrons. The van der Waals surface area contributed by atoms with E-state index in [1.165, 1.54) is 0 Å². The second-order valence-corrected chi connectivity index (χ2v) is 4.38. The average molecular weight is 246 g/mol. The zero-order valence-corrected chi connectivity index (χ0v) is 10.4. The summed E-state index contributed by atoms with van der Waals surface area (Å²) < 4.78 is 16.3. The number of ketones is 1. The van der Waals surface area contributed by atoms with Crippen LogP contribution >= 0.6 is 0 Å². The Labute approximate surface area is 104 Å². The summed E-state index contributed by atoms with van der Waals surface area (Å²) >= 11 is 0. The molecule has 0 unspecified atom stereocenters. The summed E-state index contributed by atoms with van der Waals surface area (Å²) in [7, 11) is 3.17. The fourth-order valence-corrected chi connectivity index (χ4v) is 2.48. The molecule has 1 aliphatic rings. The smallest absolute Gasteiger partial charge is 0.177 e. The van der Waals surface area contributed by atoms with Crippen molar-refractivity contribution in [3.05, 3.63) is 23.5 Å². The lowest BCUT2D eigenvalue weighted by molar-refractivity contribution is 0.0971. The molecule has 0 spiro atoms. The van der Waals surface area contributed by atoms with E-state index in [4.69, 9.17) is 13.9 Å². The quantitative estimate of drug-likeness (QED) is 0.817. The topological polar surface area (TPSA) is 48.7 Å². The Kier molecular flexibility index (Phi) is 2.51. The molecule has 94 valence electrons. The maximum Gasteiger partial charge on any atom is 0.177 e. The number of ether oxygens (including phenoxy) is 2. The predicted molar refractivity (Wildman–Crippen MR) is 66.6 cm³/mol. The number of methoxy groups -OCH3 is 2. The van der Waals surface area contributed by atoms with Gasteiger partial charge in [0.1, 0.15) is 11.5 Å². The molecule has 1 aromatic carbocycles. The molecule has 2 aromatic rings. The fraction of sp³-hybridized carbons (Fsp3) is 0.357. The number of carbonyl (C=O) groups excluding carboxylic acids is 1. The van der Waals surface area contributed by atoms with Crippen LogP contribution in [0.2, 0.25) is 0 Å². The highest BCUT2D eigenvalue weighted by atomic mass is 16.5. The minimum atomic E-state index is 0.144. The molecule has 1 aliphatic carbocycles. The van der Waals surface area contributed by atoms with Crippen molar-refractivity contribution in [2.75, 3.05) is 14.2 Å². The van der Waals surface area contributed by atoms with Crippen LogP contribution in [-0.4, -0.2) is 20.0 Å². The van der Waals surface area contributed by atoms with E-state index in [9.17, 15) is 4.79 Å². The first-order valence-corrected chi connectivity index (χ1v) is 5.95. The minimum Gasteiger partial charge on any atom is -0.497 e. The van der Waals surface area contributed by atoms with E-state index in [0.29, 0.717) is 29.1 Å². The summed E-state index contributed by atoms with van der Waals surface area (Å²) in [5.74, 6) is 2.19. The lowest BCUT2D eigenvalue weighted by Crippen LogP contribution is -2.08. The van der Waals surface area contributed by atoms with Crippen molar-refractivity contribution in [3.8, 4) is 11.5 Å². The summed E-state index contributed by atoms with van der Waals surface area (Å²) in [6.45, 7) is 0. The second-order valence-electron chi connectivity index (χ2n) is 4.38. The van der Waals surface area contributed by atoms with Crippen LogP contribution in [0.1, 0.15) is 29.0 Å². The van der Waals surface area contributed by atoms with Crippen LogP contribution in [0, 0.1) is 0 Å². The SMILES string of the molecule is COc1cc(OC)c2oc3c(c2c1)C(=O)CCC3. The van der Waals surface area contributed by atoms with E-state index in [1.54, 1.807) is 20.3 Å². The van der Waals surface area contributed by atoms with Crippen molar-refractivity contribution < 1.29 is 18.7 Å². The summed E-state index contributed by atoms with van der Waals surface area (Å²) in [4.78, 5) is 12.0. The zero-order chi connectivity index (χ0) is 12.7. The van der Waals surface area contributed by atoms with Gasteiger partial charge in [0.05, 0.1) is 19.8 Å². The number of hydrogen-bond donors (Lipinski definition) is 0. The van der Waals surface area contributed by atoms with Crippen LogP contribution in [0.15, 0.2) is 16.5 Å². The van der Waals surface area contributed by atoms with Crippen LogP contribution < -0.4 is 9.47 Å². The predicted octanol–water partition coefficient (Wildman–Crippen LogP) is 2.97. The van der Waals surface area contributed by atoms with E-state index in [1.807, 2.05) is 6.07 Å². The third-order valence-electron chi connectivity index (χ3n) is 3.34. The molecule has 0 amide bonds. The number of aryl methyl sites for hydroxylation is 1. The maximum atomic E-state index is 12.0. The Balaban J connectivity index is 2.35. The molecule has 4 nitrogen and oxygen atoms in total. The van der Waals surface area contributed by atoms with Gasteiger partial charge in [-0.25, -0.2) is 0 Å². The Hall–Kier alpha value is -1.97. The van der Waals surface area contributed by atoms with Gasteiger partial charge in [-0.2, -0.15) is 0 Å². The second kappa shape index (κ2) is 4.05. The molecule has 0 saturated heterocycles. The molecule has 1 aromatic heterocycles. The lowest BCUT2D eigenvalue weighted by atomic mass is 9.94. The van der Waals surface area contributed by atoms with Crippen molar-refractivity contribution in [1.29, 1.82) is 0 Å². The maximum absolute atomic E-state index is 12.0. The normalized spacial score (nSPS) is 14.7. The number of Topliss-reactive ketones (excluding diaryl/α,β-unsaturated/α-hetero) is 1. The Morgan fingerprint density at radius 3 is 2.72 bits per heavy atom. The van der Waals surface area contributed by atoms with Gasteiger partial charge in [-0.05, 0) is 12.5 Å². The van der Waals surface area contributed by atoms with Gasteiger partial charge in [-0.15, -0.1) is 0 Å². The molecule has 0 N–H and O–H groups in total. The Bertz CT molecular complexity index is 624. The van der Waals surface area contributed by atoms with Gasteiger partial charge in [0.25, 0.3) is 0 Å². The highest BCUT2D eigenvalue weighted by Crippen LogP contribution is 2.39. The van der Waals surface area contributed by atoms with Crippen molar-refractivity contribution in [1.82, 2.24) is 0 Å². The van der Waals surface area contributed by atoms with E-state index in [0.717, 1.165) is 24.0 Å². The number of hydrogen-bond acceptors (Lipinski definition) is 4. The molecular weight excluding hydrogens is 232 g/mol. The van der Waals surface area contributed by atoms with Crippen LogP contribution in [-0.2, 0) is 6.42 Å². The third-order valence-corrected chi connectivity index (χ3v) is 3.34. The molecule has 18 heavy (non-hydrogen) atoms.